The van der Waals surface area contributed by atoms with Crippen LogP contribution in [0.3, 0.4) is 0 Å². The Kier molecular flexibility index (Phi) is 4.54. The summed E-state index contributed by atoms with van der Waals surface area (Å²) in [4.78, 5) is 16.3. The van der Waals surface area contributed by atoms with E-state index in [0.29, 0.717) is 17.0 Å². The zero-order chi connectivity index (χ0) is 18.9. The molecule has 2 aliphatic rings. The van der Waals surface area contributed by atoms with E-state index in [-0.39, 0.29) is 0 Å². The van der Waals surface area contributed by atoms with Gasteiger partial charge in [0.2, 0.25) is 0 Å². The van der Waals surface area contributed by atoms with E-state index in [9.17, 15) is 4.79 Å². The number of ether oxygens (including phenoxy) is 1. The van der Waals surface area contributed by atoms with E-state index >= 15 is 0 Å². The molecule has 0 N–H and O–H groups in total. The minimum absolute atomic E-state index is 0.638. The standard InChI is InChI=1S/C21H22N4O3/c26-14-16-3-1-2-4-18(16)17-9-19-21(23-28-22-19)20(10-17)25-12-15(13-25)11-24-5-7-27-8-6-24/h1-4,9-10,14-15H,5-8,11-13H2. The van der Waals surface area contributed by atoms with Gasteiger partial charge in [0.05, 0.1) is 18.9 Å². The molecule has 2 aromatic carbocycles. The number of rotatable bonds is 5. The lowest BCUT2D eigenvalue weighted by Gasteiger charge is -2.43. The number of carbonyl (C=O) groups excluding carboxylic acids is 1. The van der Waals surface area contributed by atoms with Gasteiger partial charge in [-0.15, -0.1) is 0 Å². The van der Waals surface area contributed by atoms with Gasteiger partial charge in [-0.25, -0.2) is 4.63 Å². The molecule has 0 amide bonds. The van der Waals surface area contributed by atoms with Gasteiger partial charge in [0.15, 0.2) is 11.8 Å². The Morgan fingerprint density at radius 3 is 2.75 bits per heavy atom. The predicted molar refractivity (Wildman–Crippen MR) is 106 cm³/mol. The van der Waals surface area contributed by atoms with Crippen LogP contribution in [0.15, 0.2) is 41.0 Å². The summed E-state index contributed by atoms with van der Waals surface area (Å²) in [6, 6.07) is 11.6. The average Bonchev–Trinajstić information content (AvgIpc) is 3.19. The van der Waals surface area contributed by atoms with Crippen LogP contribution in [-0.4, -0.2) is 67.4 Å². The van der Waals surface area contributed by atoms with Crippen LogP contribution in [0.2, 0.25) is 0 Å². The van der Waals surface area contributed by atoms with Crippen molar-refractivity contribution >= 4 is 23.0 Å². The molecule has 0 unspecified atom stereocenters. The van der Waals surface area contributed by atoms with Crippen molar-refractivity contribution in [2.24, 2.45) is 5.92 Å². The van der Waals surface area contributed by atoms with Crippen molar-refractivity contribution in [3.8, 4) is 11.1 Å². The summed E-state index contributed by atoms with van der Waals surface area (Å²) in [6.07, 6.45) is 0.891. The van der Waals surface area contributed by atoms with E-state index in [2.05, 4.69) is 26.2 Å². The highest BCUT2D eigenvalue weighted by Crippen LogP contribution is 2.36. The maximum atomic E-state index is 11.5. The Bertz CT molecular complexity index is 990. The number of carbonyl (C=O) groups is 1. The van der Waals surface area contributed by atoms with Gasteiger partial charge in [0.1, 0.15) is 5.52 Å². The Morgan fingerprint density at radius 1 is 1.11 bits per heavy atom. The number of nitrogens with zero attached hydrogens (tertiary/aromatic N) is 4. The topological polar surface area (TPSA) is 71.7 Å². The van der Waals surface area contributed by atoms with Gasteiger partial charge in [0, 0.05) is 44.2 Å². The number of aromatic nitrogens is 2. The Labute approximate surface area is 162 Å². The summed E-state index contributed by atoms with van der Waals surface area (Å²) < 4.78 is 10.4. The van der Waals surface area contributed by atoms with Gasteiger partial charge in [-0.2, -0.15) is 0 Å². The van der Waals surface area contributed by atoms with Crippen LogP contribution in [0.4, 0.5) is 5.69 Å². The van der Waals surface area contributed by atoms with E-state index in [1.165, 1.54) is 0 Å². The third-order valence-electron chi connectivity index (χ3n) is 5.66. The Morgan fingerprint density at radius 2 is 1.93 bits per heavy atom. The van der Waals surface area contributed by atoms with Crippen molar-refractivity contribution in [1.82, 2.24) is 15.2 Å². The monoisotopic (exact) mass is 378 g/mol. The second-order valence-electron chi connectivity index (χ2n) is 7.52. The van der Waals surface area contributed by atoms with Crippen molar-refractivity contribution in [2.75, 3.05) is 50.8 Å². The van der Waals surface area contributed by atoms with Gasteiger partial charge in [-0.1, -0.05) is 24.3 Å². The molecule has 3 aromatic rings. The van der Waals surface area contributed by atoms with Crippen LogP contribution >= 0.6 is 0 Å². The summed E-state index contributed by atoms with van der Waals surface area (Å²) >= 11 is 0. The lowest BCUT2D eigenvalue weighted by molar-refractivity contribution is 0.0286. The molecular formula is C21H22N4O3. The SMILES string of the molecule is O=Cc1ccccc1-c1cc(N2CC(CN3CCOCC3)C2)c2nonc2c1. The highest BCUT2D eigenvalue weighted by Gasteiger charge is 2.31. The Hall–Kier alpha value is -2.77. The molecule has 2 fully saturated rings. The largest absolute Gasteiger partial charge is 0.379 e. The Balaban J connectivity index is 1.40. The van der Waals surface area contributed by atoms with Crippen molar-refractivity contribution in [3.05, 3.63) is 42.0 Å². The minimum Gasteiger partial charge on any atom is -0.379 e. The summed E-state index contributed by atoms with van der Waals surface area (Å²) in [7, 11) is 0. The first-order valence-electron chi connectivity index (χ1n) is 9.68. The number of benzene rings is 2. The van der Waals surface area contributed by atoms with E-state index in [0.717, 1.165) is 74.6 Å². The molecule has 1 aromatic heterocycles. The first kappa shape index (κ1) is 17.3. The van der Waals surface area contributed by atoms with Crippen molar-refractivity contribution in [2.45, 2.75) is 0 Å². The molecule has 2 saturated heterocycles. The quantitative estimate of drug-likeness (QED) is 0.632. The minimum atomic E-state index is 0.638. The van der Waals surface area contributed by atoms with Crippen LogP contribution in [0.25, 0.3) is 22.2 Å². The first-order chi connectivity index (χ1) is 13.8. The molecule has 0 atom stereocenters. The first-order valence-corrected chi connectivity index (χ1v) is 9.68. The van der Waals surface area contributed by atoms with Crippen LogP contribution in [0.5, 0.6) is 0 Å². The molecule has 7 heteroatoms. The molecular weight excluding hydrogens is 356 g/mol. The summed E-state index contributed by atoms with van der Waals surface area (Å²) in [6.45, 7) is 6.78. The van der Waals surface area contributed by atoms with Gasteiger partial charge >= 0.3 is 0 Å². The predicted octanol–water partition coefficient (Wildman–Crippen LogP) is 2.47. The molecule has 5 rings (SSSR count). The van der Waals surface area contributed by atoms with Crippen molar-refractivity contribution < 1.29 is 14.2 Å². The fourth-order valence-electron chi connectivity index (χ4n) is 4.16. The van der Waals surface area contributed by atoms with E-state index in [1.807, 2.05) is 30.3 Å². The van der Waals surface area contributed by atoms with Crippen LogP contribution in [0, 0.1) is 5.92 Å². The number of fused-ring (bicyclic) bond motifs is 1. The van der Waals surface area contributed by atoms with E-state index < -0.39 is 0 Å². The summed E-state index contributed by atoms with van der Waals surface area (Å²) in [5.41, 5.74) is 5.03. The van der Waals surface area contributed by atoms with Crippen LogP contribution in [-0.2, 0) is 4.74 Å². The van der Waals surface area contributed by atoms with Gasteiger partial charge in [-0.3, -0.25) is 9.69 Å². The molecule has 0 spiro atoms. The summed E-state index contributed by atoms with van der Waals surface area (Å²) in [5, 5.41) is 8.17. The fraction of sp³-hybridized carbons (Fsp3) is 0.381. The number of hydrogen-bond acceptors (Lipinski definition) is 7. The van der Waals surface area contributed by atoms with Crippen LogP contribution in [0.1, 0.15) is 10.4 Å². The third-order valence-corrected chi connectivity index (χ3v) is 5.66. The van der Waals surface area contributed by atoms with Gasteiger partial charge in [-0.05, 0) is 33.6 Å². The summed E-state index contributed by atoms with van der Waals surface area (Å²) in [5.74, 6) is 0.638. The van der Waals surface area contributed by atoms with Crippen molar-refractivity contribution in [1.29, 1.82) is 0 Å². The molecule has 0 saturated carbocycles. The molecule has 2 aliphatic heterocycles. The van der Waals surface area contributed by atoms with Gasteiger partial charge < -0.3 is 9.64 Å². The average molecular weight is 378 g/mol. The van der Waals surface area contributed by atoms with Gasteiger partial charge in [0.25, 0.3) is 0 Å². The third kappa shape index (κ3) is 3.16. The molecule has 0 bridgehead atoms. The number of anilines is 1. The number of hydrogen-bond donors (Lipinski definition) is 0. The number of morpholine rings is 1. The maximum Gasteiger partial charge on any atom is 0.158 e. The second-order valence-corrected chi connectivity index (χ2v) is 7.52. The molecule has 28 heavy (non-hydrogen) atoms. The highest BCUT2D eigenvalue weighted by atomic mass is 16.6. The molecule has 0 radical (unpaired) electrons. The zero-order valence-corrected chi connectivity index (χ0v) is 15.6. The molecule has 0 aliphatic carbocycles. The fourth-order valence-corrected chi connectivity index (χ4v) is 4.16. The zero-order valence-electron chi connectivity index (χ0n) is 15.6. The molecule has 3 heterocycles. The second kappa shape index (κ2) is 7.33. The van der Waals surface area contributed by atoms with E-state index in [1.54, 1.807) is 0 Å². The highest BCUT2D eigenvalue weighted by molar-refractivity contribution is 5.96. The van der Waals surface area contributed by atoms with E-state index in [4.69, 9.17) is 9.37 Å². The molecule has 144 valence electrons. The lowest BCUT2D eigenvalue weighted by Crippen LogP contribution is -2.53. The smallest absolute Gasteiger partial charge is 0.158 e. The normalized spacial score (nSPS) is 18.4. The number of aldehydes is 1. The molecule has 7 nitrogen and oxygen atoms in total. The lowest BCUT2D eigenvalue weighted by atomic mass is 9.95. The maximum absolute atomic E-state index is 11.5. The van der Waals surface area contributed by atoms with Crippen molar-refractivity contribution in [3.63, 3.8) is 0 Å². The van der Waals surface area contributed by atoms with Crippen LogP contribution < -0.4 is 4.90 Å².